The molecule has 0 fully saturated rings. The summed E-state index contributed by atoms with van der Waals surface area (Å²) in [6.45, 7) is 8.37. The lowest BCUT2D eigenvalue weighted by Crippen LogP contribution is -2.21. The Labute approximate surface area is 98.1 Å². The minimum Gasteiger partial charge on any atom is -0.489 e. The lowest BCUT2D eigenvalue weighted by molar-refractivity contribution is 0.357. The van der Waals surface area contributed by atoms with Gasteiger partial charge in [0.2, 0.25) is 0 Å². The number of aryl methyl sites for hydroxylation is 1. The molecule has 1 aromatic carbocycles. The van der Waals surface area contributed by atoms with Crippen LogP contribution in [0.25, 0.3) is 0 Å². The largest absolute Gasteiger partial charge is 0.489 e. The quantitative estimate of drug-likeness (QED) is 0.747. The van der Waals surface area contributed by atoms with Crippen LogP contribution in [0.5, 0.6) is 5.75 Å². The van der Waals surface area contributed by atoms with E-state index in [1.807, 2.05) is 6.07 Å². The third-order valence-electron chi connectivity index (χ3n) is 2.58. The monoisotopic (exact) mass is 219 g/mol. The Morgan fingerprint density at radius 1 is 1.50 bits per heavy atom. The van der Waals surface area contributed by atoms with Crippen molar-refractivity contribution in [2.45, 2.75) is 32.7 Å². The fourth-order valence-electron chi connectivity index (χ4n) is 1.58. The van der Waals surface area contributed by atoms with Crippen LogP contribution in [0, 0.1) is 6.92 Å². The van der Waals surface area contributed by atoms with Crippen LogP contribution >= 0.6 is 0 Å². The smallest absolute Gasteiger partial charge is 0.123 e. The number of benzene rings is 1. The average molecular weight is 219 g/mol. The Morgan fingerprint density at radius 2 is 2.25 bits per heavy atom. The molecule has 16 heavy (non-hydrogen) atoms. The van der Waals surface area contributed by atoms with E-state index in [0.29, 0.717) is 6.61 Å². The van der Waals surface area contributed by atoms with Gasteiger partial charge in [0.1, 0.15) is 12.4 Å². The van der Waals surface area contributed by atoms with Gasteiger partial charge in [-0.3, -0.25) is 0 Å². The second-order valence-corrected chi connectivity index (χ2v) is 4.08. The molecule has 0 saturated carbocycles. The molecular weight excluding hydrogens is 198 g/mol. The first-order valence-corrected chi connectivity index (χ1v) is 5.76. The maximum absolute atomic E-state index is 5.98. The first-order valence-electron chi connectivity index (χ1n) is 5.76. The molecule has 0 aliphatic rings. The van der Waals surface area contributed by atoms with Crippen molar-refractivity contribution in [1.29, 1.82) is 0 Å². The van der Waals surface area contributed by atoms with Crippen LogP contribution in [0.4, 0.5) is 0 Å². The van der Waals surface area contributed by atoms with E-state index in [0.717, 1.165) is 18.6 Å². The molecule has 0 heterocycles. The summed E-state index contributed by atoms with van der Waals surface area (Å²) >= 11 is 0. The van der Waals surface area contributed by atoms with Crippen LogP contribution in [-0.2, 0) is 6.42 Å². The molecule has 2 N–H and O–H groups in total. The van der Waals surface area contributed by atoms with Crippen LogP contribution in [0.1, 0.15) is 24.5 Å². The van der Waals surface area contributed by atoms with E-state index in [4.69, 9.17) is 10.5 Å². The van der Waals surface area contributed by atoms with Crippen LogP contribution in [-0.4, -0.2) is 12.6 Å². The van der Waals surface area contributed by atoms with Crippen molar-refractivity contribution >= 4 is 0 Å². The van der Waals surface area contributed by atoms with Gasteiger partial charge in [0.05, 0.1) is 0 Å². The summed E-state index contributed by atoms with van der Waals surface area (Å²) in [6.07, 6.45) is 3.60. The van der Waals surface area contributed by atoms with Gasteiger partial charge in [-0.05, 0) is 31.4 Å². The standard InChI is InChI=1S/C14H21NO/c1-4-8-16-14-7-6-11(3)9-12(14)10-13(15)5-2/h4,6-7,9,13H,1,5,8,10,15H2,2-3H3. The highest BCUT2D eigenvalue weighted by atomic mass is 16.5. The first kappa shape index (κ1) is 12.8. The van der Waals surface area contributed by atoms with E-state index >= 15 is 0 Å². The molecule has 0 saturated heterocycles. The molecule has 2 nitrogen and oxygen atoms in total. The van der Waals surface area contributed by atoms with Gasteiger partial charge >= 0.3 is 0 Å². The maximum Gasteiger partial charge on any atom is 0.123 e. The van der Waals surface area contributed by atoms with Crippen LogP contribution in [0.3, 0.4) is 0 Å². The Kier molecular flexibility index (Phi) is 5.06. The molecule has 0 amide bonds. The molecule has 0 aromatic heterocycles. The lowest BCUT2D eigenvalue weighted by Gasteiger charge is -2.14. The number of rotatable bonds is 6. The Balaban J connectivity index is 2.84. The predicted octanol–water partition coefficient (Wildman–Crippen LogP) is 2.84. The highest BCUT2D eigenvalue weighted by Gasteiger charge is 2.07. The first-order chi connectivity index (χ1) is 7.67. The fraction of sp³-hybridized carbons (Fsp3) is 0.429. The lowest BCUT2D eigenvalue weighted by atomic mass is 10.0. The summed E-state index contributed by atoms with van der Waals surface area (Å²) in [5.41, 5.74) is 8.41. The number of ether oxygens (including phenoxy) is 1. The molecule has 0 aliphatic carbocycles. The van der Waals surface area contributed by atoms with Crippen LogP contribution < -0.4 is 10.5 Å². The molecule has 1 atom stereocenters. The number of hydrogen-bond acceptors (Lipinski definition) is 2. The molecule has 0 aliphatic heterocycles. The molecular formula is C14H21NO. The average Bonchev–Trinajstić information content (AvgIpc) is 2.28. The minimum atomic E-state index is 0.202. The minimum absolute atomic E-state index is 0.202. The maximum atomic E-state index is 5.98. The normalized spacial score (nSPS) is 12.2. The van der Waals surface area contributed by atoms with Gasteiger partial charge < -0.3 is 10.5 Å². The van der Waals surface area contributed by atoms with Gasteiger partial charge in [-0.1, -0.05) is 37.3 Å². The Hall–Kier alpha value is -1.28. The van der Waals surface area contributed by atoms with Crippen molar-refractivity contribution in [3.63, 3.8) is 0 Å². The highest BCUT2D eigenvalue weighted by molar-refractivity contribution is 5.37. The molecule has 1 rings (SSSR count). The molecule has 1 unspecified atom stereocenters. The molecule has 0 bridgehead atoms. The molecule has 2 heteroatoms. The molecule has 88 valence electrons. The van der Waals surface area contributed by atoms with Crippen molar-refractivity contribution in [3.05, 3.63) is 42.0 Å². The zero-order valence-electron chi connectivity index (χ0n) is 10.2. The van der Waals surface area contributed by atoms with Gasteiger partial charge in [0, 0.05) is 6.04 Å². The summed E-state index contributed by atoms with van der Waals surface area (Å²) in [7, 11) is 0. The third-order valence-corrected chi connectivity index (χ3v) is 2.58. The van der Waals surface area contributed by atoms with Gasteiger partial charge in [-0.2, -0.15) is 0 Å². The van der Waals surface area contributed by atoms with E-state index < -0.39 is 0 Å². The Bertz CT molecular complexity index is 347. The third kappa shape index (κ3) is 3.70. The number of hydrogen-bond donors (Lipinski definition) is 1. The van der Waals surface area contributed by atoms with E-state index in [9.17, 15) is 0 Å². The van der Waals surface area contributed by atoms with E-state index in [1.165, 1.54) is 11.1 Å². The summed E-state index contributed by atoms with van der Waals surface area (Å²) in [5.74, 6) is 0.925. The van der Waals surface area contributed by atoms with Crippen molar-refractivity contribution < 1.29 is 4.74 Å². The van der Waals surface area contributed by atoms with E-state index in [2.05, 4.69) is 32.6 Å². The molecule has 1 aromatic rings. The summed E-state index contributed by atoms with van der Waals surface area (Å²) in [4.78, 5) is 0. The van der Waals surface area contributed by atoms with Gasteiger partial charge in [-0.25, -0.2) is 0 Å². The second-order valence-electron chi connectivity index (χ2n) is 4.08. The summed E-state index contributed by atoms with van der Waals surface area (Å²) in [5, 5.41) is 0. The van der Waals surface area contributed by atoms with E-state index in [1.54, 1.807) is 6.08 Å². The summed E-state index contributed by atoms with van der Waals surface area (Å²) < 4.78 is 5.61. The fourth-order valence-corrected chi connectivity index (χ4v) is 1.58. The second kappa shape index (κ2) is 6.33. The predicted molar refractivity (Wildman–Crippen MR) is 68.8 cm³/mol. The Morgan fingerprint density at radius 3 is 2.88 bits per heavy atom. The highest BCUT2D eigenvalue weighted by Crippen LogP contribution is 2.21. The van der Waals surface area contributed by atoms with Crippen molar-refractivity contribution in [2.75, 3.05) is 6.61 Å². The van der Waals surface area contributed by atoms with Gasteiger partial charge in [-0.15, -0.1) is 0 Å². The van der Waals surface area contributed by atoms with Crippen molar-refractivity contribution in [3.8, 4) is 5.75 Å². The summed E-state index contributed by atoms with van der Waals surface area (Å²) in [6, 6.07) is 6.41. The molecule has 0 spiro atoms. The zero-order valence-corrected chi connectivity index (χ0v) is 10.2. The van der Waals surface area contributed by atoms with Crippen molar-refractivity contribution in [2.24, 2.45) is 5.73 Å². The van der Waals surface area contributed by atoms with Crippen LogP contribution in [0.15, 0.2) is 30.9 Å². The van der Waals surface area contributed by atoms with E-state index in [-0.39, 0.29) is 6.04 Å². The SMILES string of the molecule is C=CCOc1ccc(C)cc1CC(N)CC. The topological polar surface area (TPSA) is 35.2 Å². The van der Waals surface area contributed by atoms with Crippen molar-refractivity contribution in [1.82, 2.24) is 0 Å². The van der Waals surface area contributed by atoms with Gasteiger partial charge in [0.25, 0.3) is 0 Å². The zero-order chi connectivity index (χ0) is 12.0. The molecule has 0 radical (unpaired) electrons. The number of nitrogens with two attached hydrogens (primary N) is 1. The van der Waals surface area contributed by atoms with Gasteiger partial charge in [0.15, 0.2) is 0 Å². The van der Waals surface area contributed by atoms with Crippen LogP contribution in [0.2, 0.25) is 0 Å².